The van der Waals surface area contributed by atoms with Gasteiger partial charge in [0.15, 0.2) is 5.82 Å². The fourth-order valence-electron chi connectivity index (χ4n) is 5.81. The Morgan fingerprint density at radius 2 is 1.81 bits per heavy atom. The number of carbonyl (C=O) groups excluding carboxylic acids is 2. The van der Waals surface area contributed by atoms with E-state index in [4.69, 9.17) is 0 Å². The monoisotopic (exact) mass is 359 g/mol. The van der Waals surface area contributed by atoms with Gasteiger partial charge < -0.3 is 15.2 Å². The van der Waals surface area contributed by atoms with Crippen LogP contribution in [0.5, 0.6) is 0 Å². The third-order valence-electron chi connectivity index (χ3n) is 6.64. The van der Waals surface area contributed by atoms with Gasteiger partial charge in [0.1, 0.15) is 6.33 Å². The second-order valence-electron chi connectivity index (χ2n) is 8.51. The second kappa shape index (κ2) is 7.00. The maximum Gasteiger partial charge on any atom is 0.226 e. The standard InChI is InChI=1S/C19H29N5O2/c1-2-24-12-22-23-16(24)11-21-17(25)3-4-20-18(26)19-8-13-5-14(9-19)7-15(6-13)10-19/h12-15H,2-11H2,1H3,(H,20,26)(H,21,25). The molecule has 4 bridgehead atoms. The van der Waals surface area contributed by atoms with E-state index >= 15 is 0 Å². The molecule has 0 aromatic carbocycles. The van der Waals surface area contributed by atoms with Crippen molar-refractivity contribution in [2.45, 2.75) is 65.0 Å². The zero-order chi connectivity index (χ0) is 18.1. The van der Waals surface area contributed by atoms with Crippen molar-refractivity contribution in [2.24, 2.45) is 23.2 Å². The Kier molecular flexibility index (Phi) is 4.71. The minimum Gasteiger partial charge on any atom is -0.355 e. The van der Waals surface area contributed by atoms with Crippen LogP contribution in [0.4, 0.5) is 0 Å². The van der Waals surface area contributed by atoms with Crippen molar-refractivity contribution in [3.63, 3.8) is 0 Å². The van der Waals surface area contributed by atoms with Crippen molar-refractivity contribution < 1.29 is 9.59 Å². The van der Waals surface area contributed by atoms with Gasteiger partial charge in [0.05, 0.1) is 6.54 Å². The van der Waals surface area contributed by atoms with Crippen LogP contribution in [0.2, 0.25) is 0 Å². The van der Waals surface area contributed by atoms with Gasteiger partial charge in [-0.3, -0.25) is 9.59 Å². The first kappa shape index (κ1) is 17.5. The van der Waals surface area contributed by atoms with Crippen molar-refractivity contribution in [1.29, 1.82) is 0 Å². The van der Waals surface area contributed by atoms with Crippen LogP contribution in [-0.4, -0.2) is 33.1 Å². The predicted octanol–water partition coefficient (Wildman–Crippen LogP) is 1.64. The maximum absolute atomic E-state index is 12.8. The first-order valence-corrected chi connectivity index (χ1v) is 9.99. The largest absolute Gasteiger partial charge is 0.355 e. The van der Waals surface area contributed by atoms with E-state index in [9.17, 15) is 9.59 Å². The van der Waals surface area contributed by atoms with Gasteiger partial charge in [-0.15, -0.1) is 10.2 Å². The number of nitrogens with zero attached hydrogens (tertiary/aromatic N) is 3. The lowest BCUT2D eigenvalue weighted by Gasteiger charge is -2.55. The molecule has 0 radical (unpaired) electrons. The number of nitrogens with one attached hydrogen (secondary N) is 2. The molecule has 1 heterocycles. The van der Waals surface area contributed by atoms with Gasteiger partial charge in [-0.1, -0.05) is 0 Å². The molecule has 5 rings (SSSR count). The minimum absolute atomic E-state index is 0.0681. The van der Waals surface area contributed by atoms with Crippen molar-refractivity contribution in [1.82, 2.24) is 25.4 Å². The van der Waals surface area contributed by atoms with Gasteiger partial charge in [-0.05, 0) is 63.2 Å². The normalized spacial score (nSPS) is 31.8. The summed E-state index contributed by atoms with van der Waals surface area (Å²) in [4.78, 5) is 24.9. The quantitative estimate of drug-likeness (QED) is 0.774. The number of carbonyl (C=O) groups is 2. The van der Waals surface area contributed by atoms with Crippen LogP contribution in [-0.2, 0) is 22.7 Å². The molecule has 4 saturated carbocycles. The highest BCUT2D eigenvalue weighted by atomic mass is 16.2. The molecule has 1 aromatic heterocycles. The van der Waals surface area contributed by atoms with E-state index in [1.165, 1.54) is 19.3 Å². The van der Waals surface area contributed by atoms with E-state index in [2.05, 4.69) is 20.8 Å². The van der Waals surface area contributed by atoms with Gasteiger partial charge in [0.25, 0.3) is 0 Å². The van der Waals surface area contributed by atoms with E-state index in [0.717, 1.165) is 49.4 Å². The molecule has 26 heavy (non-hydrogen) atoms. The molecule has 2 N–H and O–H groups in total. The van der Waals surface area contributed by atoms with E-state index in [1.807, 2.05) is 11.5 Å². The van der Waals surface area contributed by atoms with Gasteiger partial charge in [0.2, 0.25) is 11.8 Å². The fraction of sp³-hybridized carbons (Fsp3) is 0.789. The predicted molar refractivity (Wildman–Crippen MR) is 95.8 cm³/mol. The zero-order valence-corrected chi connectivity index (χ0v) is 15.5. The Balaban J connectivity index is 1.22. The fourth-order valence-corrected chi connectivity index (χ4v) is 5.81. The van der Waals surface area contributed by atoms with Crippen LogP contribution in [0.3, 0.4) is 0 Å². The minimum atomic E-state index is -0.136. The maximum atomic E-state index is 12.8. The molecule has 2 amide bonds. The molecule has 0 aliphatic heterocycles. The van der Waals surface area contributed by atoms with Crippen molar-refractivity contribution in [3.8, 4) is 0 Å². The van der Waals surface area contributed by atoms with Crippen LogP contribution in [0.25, 0.3) is 0 Å². The summed E-state index contributed by atoms with van der Waals surface area (Å²) in [5.41, 5.74) is -0.136. The van der Waals surface area contributed by atoms with Gasteiger partial charge in [-0.25, -0.2) is 0 Å². The van der Waals surface area contributed by atoms with Gasteiger partial charge in [-0.2, -0.15) is 0 Å². The molecule has 4 fully saturated rings. The van der Waals surface area contributed by atoms with E-state index in [-0.39, 0.29) is 17.2 Å². The summed E-state index contributed by atoms with van der Waals surface area (Å²) in [6.45, 7) is 3.57. The first-order valence-electron chi connectivity index (χ1n) is 9.99. The summed E-state index contributed by atoms with van der Waals surface area (Å²) in [6, 6.07) is 0. The molecule has 0 unspecified atom stereocenters. The van der Waals surface area contributed by atoms with E-state index in [1.54, 1.807) is 6.33 Å². The number of rotatable bonds is 7. The molecule has 0 atom stereocenters. The molecule has 0 spiro atoms. The second-order valence-corrected chi connectivity index (χ2v) is 8.51. The SMILES string of the molecule is CCn1cnnc1CNC(=O)CCNC(=O)C12CC3CC(CC(C3)C1)C2. The summed E-state index contributed by atoms with van der Waals surface area (Å²) in [7, 11) is 0. The third-order valence-corrected chi connectivity index (χ3v) is 6.64. The first-order chi connectivity index (χ1) is 12.6. The summed E-state index contributed by atoms with van der Waals surface area (Å²) in [6.07, 6.45) is 9.13. The Morgan fingerprint density at radius 3 is 2.42 bits per heavy atom. The highest BCUT2D eigenvalue weighted by Crippen LogP contribution is 2.60. The van der Waals surface area contributed by atoms with E-state index < -0.39 is 0 Å². The smallest absolute Gasteiger partial charge is 0.226 e. The number of aryl methyl sites for hydroxylation is 1. The van der Waals surface area contributed by atoms with Crippen LogP contribution < -0.4 is 10.6 Å². The average Bonchev–Trinajstić information content (AvgIpc) is 3.06. The Labute approximate surface area is 154 Å². The van der Waals surface area contributed by atoms with Gasteiger partial charge >= 0.3 is 0 Å². The van der Waals surface area contributed by atoms with Crippen molar-refractivity contribution >= 4 is 11.8 Å². The Hall–Kier alpha value is -1.92. The van der Waals surface area contributed by atoms with Crippen molar-refractivity contribution in [3.05, 3.63) is 12.2 Å². The third kappa shape index (κ3) is 3.35. The molecule has 4 aliphatic rings. The molecular formula is C19H29N5O2. The summed E-state index contributed by atoms with van der Waals surface area (Å²) in [5, 5.41) is 13.8. The molecule has 7 heteroatoms. The number of amides is 2. The summed E-state index contributed by atoms with van der Waals surface area (Å²) < 4.78 is 1.90. The lowest BCUT2D eigenvalue weighted by Crippen LogP contribution is -2.53. The lowest BCUT2D eigenvalue weighted by molar-refractivity contribution is -0.146. The Bertz CT molecular complexity index is 648. The highest BCUT2D eigenvalue weighted by molar-refractivity contribution is 5.84. The molecule has 4 aliphatic carbocycles. The van der Waals surface area contributed by atoms with Crippen LogP contribution in [0.15, 0.2) is 6.33 Å². The van der Waals surface area contributed by atoms with Crippen LogP contribution >= 0.6 is 0 Å². The summed E-state index contributed by atoms with van der Waals surface area (Å²) >= 11 is 0. The molecule has 7 nitrogen and oxygen atoms in total. The molecule has 1 aromatic rings. The zero-order valence-electron chi connectivity index (χ0n) is 15.5. The number of hydrogen-bond acceptors (Lipinski definition) is 4. The van der Waals surface area contributed by atoms with E-state index in [0.29, 0.717) is 19.5 Å². The van der Waals surface area contributed by atoms with Gasteiger partial charge in [0, 0.05) is 24.9 Å². The molecule has 142 valence electrons. The van der Waals surface area contributed by atoms with Crippen molar-refractivity contribution in [2.75, 3.05) is 6.54 Å². The lowest BCUT2D eigenvalue weighted by atomic mass is 9.49. The summed E-state index contributed by atoms with van der Waals surface area (Å²) in [5.74, 6) is 3.14. The Morgan fingerprint density at radius 1 is 1.15 bits per heavy atom. The van der Waals surface area contributed by atoms with Crippen LogP contribution in [0.1, 0.15) is 57.7 Å². The highest BCUT2D eigenvalue weighted by Gasteiger charge is 2.54. The number of aromatic nitrogens is 3. The molecule has 0 saturated heterocycles. The number of hydrogen-bond donors (Lipinski definition) is 2. The molecular weight excluding hydrogens is 330 g/mol. The van der Waals surface area contributed by atoms with Crippen LogP contribution in [0, 0.1) is 23.2 Å². The topological polar surface area (TPSA) is 88.9 Å². The average molecular weight is 359 g/mol.